The lowest BCUT2D eigenvalue weighted by molar-refractivity contribution is -0.0399. The highest BCUT2D eigenvalue weighted by atomic mass is 15.1. The van der Waals surface area contributed by atoms with Crippen molar-refractivity contribution >= 4 is 17.1 Å². The number of benzene rings is 6. The second-order valence-corrected chi connectivity index (χ2v) is 14.6. The Kier molecular flexibility index (Phi) is 6.13. The Labute approximate surface area is 278 Å². The van der Waals surface area contributed by atoms with Crippen LogP contribution < -0.4 is 4.90 Å². The zero-order valence-electron chi connectivity index (χ0n) is 26.7. The Morgan fingerprint density at radius 2 is 0.979 bits per heavy atom. The van der Waals surface area contributed by atoms with Crippen LogP contribution in [0, 0.1) is 23.7 Å². The molecule has 4 saturated carbocycles. The molecule has 0 aliphatic heterocycles. The maximum atomic E-state index is 2.55. The number of rotatable bonds is 5. The van der Waals surface area contributed by atoms with Gasteiger partial charge in [0, 0.05) is 22.4 Å². The summed E-state index contributed by atoms with van der Waals surface area (Å²) in [6, 6.07) is 56.6. The van der Waals surface area contributed by atoms with Crippen LogP contribution in [0.3, 0.4) is 0 Å². The second kappa shape index (κ2) is 10.6. The molecule has 1 nitrogen and oxygen atoms in total. The van der Waals surface area contributed by atoms with E-state index in [0.29, 0.717) is 0 Å². The third kappa shape index (κ3) is 4.08. The molecule has 4 bridgehead atoms. The van der Waals surface area contributed by atoms with E-state index in [4.69, 9.17) is 0 Å². The lowest BCUT2D eigenvalue weighted by atomic mass is 9.43. The van der Waals surface area contributed by atoms with Crippen molar-refractivity contribution in [1.29, 1.82) is 0 Å². The first-order valence-electron chi connectivity index (χ1n) is 17.6. The minimum Gasteiger partial charge on any atom is -0.310 e. The molecule has 228 valence electrons. The fourth-order valence-electron chi connectivity index (χ4n) is 10.7. The van der Waals surface area contributed by atoms with Gasteiger partial charge in [0.15, 0.2) is 0 Å². The first kappa shape index (κ1) is 27.3. The van der Waals surface area contributed by atoms with Crippen LogP contribution in [0.2, 0.25) is 0 Å². The predicted molar refractivity (Wildman–Crippen MR) is 195 cm³/mol. The molecule has 5 aliphatic carbocycles. The SMILES string of the molecule is c1ccc(-c2cccc(N(c3ccc4c(c3)-c3ccccc3C43C4CC5CC(C4)CC3C5)c3ccccc3-c3ccccc3)c2)cc1. The Bertz CT molecular complexity index is 2080. The van der Waals surface area contributed by atoms with Crippen LogP contribution in [0.25, 0.3) is 33.4 Å². The normalized spacial score (nSPS) is 24.7. The summed E-state index contributed by atoms with van der Waals surface area (Å²) >= 11 is 0. The number of hydrogen-bond acceptors (Lipinski definition) is 1. The van der Waals surface area contributed by atoms with Gasteiger partial charge in [0.05, 0.1) is 5.69 Å². The smallest absolute Gasteiger partial charge is 0.0540 e. The van der Waals surface area contributed by atoms with E-state index < -0.39 is 0 Å². The molecular weight excluding hydrogens is 567 g/mol. The van der Waals surface area contributed by atoms with Crippen molar-refractivity contribution < 1.29 is 0 Å². The van der Waals surface area contributed by atoms with Gasteiger partial charge in [0.25, 0.3) is 0 Å². The Balaban J connectivity index is 1.19. The van der Waals surface area contributed by atoms with Gasteiger partial charge in [0.1, 0.15) is 0 Å². The standard InChI is InChI=1S/C46H39N/c1-3-12-33(13-4-1)35-16-11-17-38(29-35)47(45-21-10-8-18-40(45)34-14-5-2-6-15-34)39-22-23-44-42(30-39)41-19-7-9-20-43(41)46(44)36-25-31-24-32(27-36)28-37(46)26-31/h1-23,29-32,36-37H,24-28H2. The van der Waals surface area contributed by atoms with Crippen molar-refractivity contribution in [2.45, 2.75) is 37.5 Å². The van der Waals surface area contributed by atoms with Gasteiger partial charge < -0.3 is 4.90 Å². The van der Waals surface area contributed by atoms with E-state index in [-0.39, 0.29) is 5.41 Å². The first-order chi connectivity index (χ1) is 23.3. The average Bonchev–Trinajstić information content (AvgIpc) is 3.42. The maximum Gasteiger partial charge on any atom is 0.0540 e. The molecule has 0 amide bonds. The highest BCUT2D eigenvalue weighted by molar-refractivity contribution is 5.92. The second-order valence-electron chi connectivity index (χ2n) is 14.6. The highest BCUT2D eigenvalue weighted by Gasteiger charge is 2.61. The average molecular weight is 606 g/mol. The summed E-state index contributed by atoms with van der Waals surface area (Å²) in [4.78, 5) is 2.50. The topological polar surface area (TPSA) is 3.24 Å². The van der Waals surface area contributed by atoms with Gasteiger partial charge in [-0.1, -0.05) is 121 Å². The zero-order valence-corrected chi connectivity index (χ0v) is 26.7. The van der Waals surface area contributed by atoms with E-state index in [2.05, 4.69) is 157 Å². The van der Waals surface area contributed by atoms with Gasteiger partial charge in [-0.25, -0.2) is 0 Å². The molecule has 0 radical (unpaired) electrons. The van der Waals surface area contributed by atoms with Gasteiger partial charge in [-0.15, -0.1) is 0 Å². The van der Waals surface area contributed by atoms with Crippen molar-refractivity contribution in [3.05, 3.63) is 163 Å². The van der Waals surface area contributed by atoms with E-state index in [1.165, 1.54) is 82.5 Å². The predicted octanol–water partition coefficient (Wildman–Crippen LogP) is 12.2. The largest absolute Gasteiger partial charge is 0.310 e. The molecule has 5 aliphatic rings. The van der Waals surface area contributed by atoms with E-state index >= 15 is 0 Å². The number of nitrogens with zero attached hydrogens (tertiary/aromatic N) is 1. The van der Waals surface area contributed by atoms with Gasteiger partial charge in [0.2, 0.25) is 0 Å². The molecule has 1 spiro atoms. The molecular formula is C46H39N. The minimum absolute atomic E-state index is 0.178. The molecule has 6 aromatic carbocycles. The summed E-state index contributed by atoms with van der Waals surface area (Å²) in [5, 5.41) is 0. The van der Waals surface area contributed by atoms with Crippen LogP contribution in [-0.4, -0.2) is 0 Å². The molecule has 6 aromatic rings. The zero-order chi connectivity index (χ0) is 31.0. The molecule has 47 heavy (non-hydrogen) atoms. The number of anilines is 3. The lowest BCUT2D eigenvalue weighted by Gasteiger charge is -2.61. The maximum absolute atomic E-state index is 2.55. The Morgan fingerprint density at radius 1 is 0.404 bits per heavy atom. The van der Waals surface area contributed by atoms with Gasteiger partial charge >= 0.3 is 0 Å². The molecule has 0 atom stereocenters. The Hall–Kier alpha value is -4.88. The van der Waals surface area contributed by atoms with Crippen molar-refractivity contribution in [2.75, 3.05) is 4.90 Å². The fraction of sp³-hybridized carbons (Fsp3) is 0.217. The van der Waals surface area contributed by atoms with Crippen LogP contribution in [0.5, 0.6) is 0 Å². The molecule has 0 unspecified atom stereocenters. The van der Waals surface area contributed by atoms with Crippen molar-refractivity contribution in [2.24, 2.45) is 23.7 Å². The molecule has 1 heteroatoms. The van der Waals surface area contributed by atoms with Gasteiger partial charge in [-0.2, -0.15) is 0 Å². The summed E-state index contributed by atoms with van der Waals surface area (Å²) < 4.78 is 0. The highest BCUT2D eigenvalue weighted by Crippen LogP contribution is 2.69. The summed E-state index contributed by atoms with van der Waals surface area (Å²) in [7, 11) is 0. The summed E-state index contributed by atoms with van der Waals surface area (Å²) in [5.74, 6) is 3.43. The van der Waals surface area contributed by atoms with E-state index in [1.807, 2.05) is 0 Å². The summed E-state index contributed by atoms with van der Waals surface area (Å²) in [6.45, 7) is 0. The monoisotopic (exact) mass is 605 g/mol. The van der Waals surface area contributed by atoms with Crippen molar-refractivity contribution in [3.63, 3.8) is 0 Å². The van der Waals surface area contributed by atoms with E-state index in [9.17, 15) is 0 Å². The summed E-state index contributed by atoms with van der Waals surface area (Å²) in [5.41, 5.74) is 14.8. The quantitative estimate of drug-likeness (QED) is 0.189. The van der Waals surface area contributed by atoms with Crippen LogP contribution in [0.15, 0.2) is 152 Å². The molecule has 4 fully saturated rings. The molecule has 0 aromatic heterocycles. The third-order valence-electron chi connectivity index (χ3n) is 12.2. The van der Waals surface area contributed by atoms with Crippen LogP contribution in [-0.2, 0) is 5.41 Å². The van der Waals surface area contributed by atoms with Crippen LogP contribution in [0.4, 0.5) is 17.1 Å². The third-order valence-corrected chi connectivity index (χ3v) is 12.2. The lowest BCUT2D eigenvalue weighted by Crippen LogP contribution is -2.55. The number of para-hydroxylation sites is 1. The number of fused-ring (bicyclic) bond motifs is 3. The minimum atomic E-state index is 0.178. The fourth-order valence-corrected chi connectivity index (χ4v) is 10.7. The first-order valence-corrected chi connectivity index (χ1v) is 17.6. The number of hydrogen-bond donors (Lipinski definition) is 0. The molecule has 0 N–H and O–H groups in total. The van der Waals surface area contributed by atoms with Gasteiger partial charge in [-0.3, -0.25) is 0 Å². The Morgan fingerprint density at radius 3 is 1.72 bits per heavy atom. The molecule has 11 rings (SSSR count). The van der Waals surface area contributed by atoms with Gasteiger partial charge in [-0.05, 0) is 125 Å². The van der Waals surface area contributed by atoms with Crippen molar-refractivity contribution in [3.8, 4) is 33.4 Å². The molecule has 0 heterocycles. The van der Waals surface area contributed by atoms with Crippen LogP contribution >= 0.6 is 0 Å². The summed E-state index contributed by atoms with van der Waals surface area (Å²) in [6.07, 6.45) is 7.11. The molecule has 0 saturated heterocycles. The van der Waals surface area contributed by atoms with Crippen LogP contribution in [0.1, 0.15) is 43.2 Å². The van der Waals surface area contributed by atoms with E-state index in [1.54, 1.807) is 11.1 Å². The van der Waals surface area contributed by atoms with Crippen molar-refractivity contribution in [1.82, 2.24) is 0 Å². The van der Waals surface area contributed by atoms with E-state index in [0.717, 1.165) is 23.7 Å².